The number of benzene rings is 1. The summed E-state index contributed by atoms with van der Waals surface area (Å²) in [5, 5.41) is 10.8. The molecule has 0 saturated carbocycles. The van der Waals surface area contributed by atoms with Gasteiger partial charge in [-0.2, -0.15) is 0 Å². The Hall–Kier alpha value is -2.31. The molecule has 0 atom stereocenters. The Morgan fingerprint density at radius 3 is 2.48 bits per heavy atom. The minimum atomic E-state index is -0.750. The molecular formula is C21H25FN2O3. The van der Waals surface area contributed by atoms with Crippen LogP contribution in [0.2, 0.25) is 0 Å². The van der Waals surface area contributed by atoms with Crippen LogP contribution >= 0.6 is 0 Å². The summed E-state index contributed by atoms with van der Waals surface area (Å²) in [7, 11) is 0. The smallest absolute Gasteiger partial charge is 0.247 e. The van der Waals surface area contributed by atoms with Crippen molar-refractivity contribution in [2.24, 2.45) is 0 Å². The Morgan fingerprint density at radius 1 is 1.15 bits per heavy atom. The fraction of sp³-hybridized carbons (Fsp3) is 0.429. The molecule has 3 rings (SSSR count). The van der Waals surface area contributed by atoms with E-state index in [2.05, 4.69) is 9.88 Å². The molecule has 1 fully saturated rings. The first kappa shape index (κ1) is 19.5. The van der Waals surface area contributed by atoms with Crippen molar-refractivity contribution in [3.8, 4) is 0 Å². The van der Waals surface area contributed by atoms with Gasteiger partial charge in [0, 0.05) is 43.8 Å². The lowest BCUT2D eigenvalue weighted by Crippen LogP contribution is -2.45. The van der Waals surface area contributed by atoms with E-state index < -0.39 is 5.60 Å². The molecule has 0 amide bonds. The number of likely N-dealkylation sites (tertiary alicyclic amines) is 1. The summed E-state index contributed by atoms with van der Waals surface area (Å²) in [5.41, 5.74) is 0.508. The number of carbonyl (C=O) groups excluding carboxylic acids is 1. The number of rotatable bonds is 7. The number of hydrogen-bond acceptors (Lipinski definition) is 4. The lowest BCUT2D eigenvalue weighted by molar-refractivity contribution is -0.0207. The normalized spacial score (nSPS) is 17.0. The van der Waals surface area contributed by atoms with Gasteiger partial charge in [-0.15, -0.1) is 0 Å². The van der Waals surface area contributed by atoms with Crippen molar-refractivity contribution < 1.29 is 14.3 Å². The first-order valence-corrected chi connectivity index (χ1v) is 9.35. The Morgan fingerprint density at radius 2 is 1.85 bits per heavy atom. The summed E-state index contributed by atoms with van der Waals surface area (Å²) < 4.78 is 13.0. The summed E-state index contributed by atoms with van der Waals surface area (Å²) in [6.07, 6.45) is 4.50. The van der Waals surface area contributed by atoms with E-state index in [0.29, 0.717) is 31.2 Å². The summed E-state index contributed by atoms with van der Waals surface area (Å²) >= 11 is 0. The standard InChI is InChI=1S/C21H25FN2O3/c22-18-6-3-16(4-7-18)14-21(27)9-12-24(13-10-21)11-1-2-19(25)17-5-8-20(26)23-15-17/h3-8,15,27H,1-2,9-14H2,(H,23,26). The summed E-state index contributed by atoms with van der Waals surface area (Å²) in [6, 6.07) is 9.21. The number of nitrogens with zero attached hydrogens (tertiary/aromatic N) is 1. The Kier molecular flexibility index (Phi) is 6.19. The zero-order valence-corrected chi connectivity index (χ0v) is 15.3. The van der Waals surface area contributed by atoms with Gasteiger partial charge in [0.15, 0.2) is 5.78 Å². The summed E-state index contributed by atoms with van der Waals surface area (Å²) in [6.45, 7) is 2.37. The fourth-order valence-electron chi connectivity index (χ4n) is 3.54. The first-order chi connectivity index (χ1) is 12.9. The number of Topliss-reactive ketones (excluding diaryl/α,β-unsaturated/α-hetero) is 1. The third-order valence-electron chi connectivity index (χ3n) is 5.22. The molecule has 2 aromatic rings. The highest BCUT2D eigenvalue weighted by Gasteiger charge is 2.32. The van der Waals surface area contributed by atoms with Crippen LogP contribution in [-0.2, 0) is 6.42 Å². The number of aliphatic hydroxyl groups is 1. The van der Waals surface area contributed by atoms with Crippen LogP contribution in [0.1, 0.15) is 41.6 Å². The fourth-order valence-corrected chi connectivity index (χ4v) is 3.54. The predicted octanol–water partition coefficient (Wildman–Crippen LogP) is 2.55. The molecule has 0 unspecified atom stereocenters. The molecule has 1 saturated heterocycles. The van der Waals surface area contributed by atoms with Crippen molar-refractivity contribution in [1.82, 2.24) is 9.88 Å². The topological polar surface area (TPSA) is 73.4 Å². The second-order valence-corrected chi connectivity index (χ2v) is 7.34. The quantitative estimate of drug-likeness (QED) is 0.733. The second kappa shape index (κ2) is 8.59. The third-order valence-corrected chi connectivity index (χ3v) is 5.22. The average molecular weight is 372 g/mol. The number of aromatic amines is 1. The number of H-pyrrole nitrogens is 1. The Labute approximate surface area is 157 Å². The van der Waals surface area contributed by atoms with E-state index in [-0.39, 0.29) is 17.2 Å². The van der Waals surface area contributed by atoms with Gasteiger partial charge in [0.25, 0.3) is 0 Å². The van der Waals surface area contributed by atoms with E-state index >= 15 is 0 Å². The molecule has 1 aliphatic rings. The van der Waals surface area contributed by atoms with Crippen LogP contribution in [0.5, 0.6) is 0 Å². The number of hydrogen-bond donors (Lipinski definition) is 2. The van der Waals surface area contributed by atoms with Crippen molar-refractivity contribution >= 4 is 5.78 Å². The van der Waals surface area contributed by atoms with Gasteiger partial charge in [-0.3, -0.25) is 9.59 Å². The molecule has 2 N–H and O–H groups in total. The molecule has 0 radical (unpaired) electrons. The summed E-state index contributed by atoms with van der Waals surface area (Å²) in [4.78, 5) is 27.9. The van der Waals surface area contributed by atoms with Crippen molar-refractivity contribution in [2.45, 2.75) is 37.7 Å². The van der Waals surface area contributed by atoms with E-state index in [9.17, 15) is 19.1 Å². The molecule has 2 heterocycles. The van der Waals surface area contributed by atoms with Crippen LogP contribution in [0.15, 0.2) is 47.4 Å². The van der Waals surface area contributed by atoms with Gasteiger partial charge in [0.2, 0.25) is 5.56 Å². The van der Waals surface area contributed by atoms with Crippen LogP contribution in [0.4, 0.5) is 4.39 Å². The van der Waals surface area contributed by atoms with Crippen molar-refractivity contribution in [2.75, 3.05) is 19.6 Å². The maximum absolute atomic E-state index is 13.0. The molecule has 0 bridgehead atoms. The summed E-state index contributed by atoms with van der Waals surface area (Å²) in [5.74, 6) is -0.243. The van der Waals surface area contributed by atoms with E-state index in [1.165, 1.54) is 24.4 Å². The highest BCUT2D eigenvalue weighted by molar-refractivity contribution is 5.95. The third kappa shape index (κ3) is 5.58. The molecule has 0 aliphatic carbocycles. The molecule has 5 nitrogen and oxygen atoms in total. The number of pyridine rings is 1. The monoisotopic (exact) mass is 372 g/mol. The number of piperidine rings is 1. The predicted molar refractivity (Wildman–Crippen MR) is 101 cm³/mol. The van der Waals surface area contributed by atoms with Crippen LogP contribution in [0, 0.1) is 5.82 Å². The zero-order chi connectivity index (χ0) is 19.3. The van der Waals surface area contributed by atoms with E-state index in [1.54, 1.807) is 18.2 Å². The number of carbonyl (C=O) groups is 1. The minimum Gasteiger partial charge on any atom is -0.389 e. The average Bonchev–Trinajstić information content (AvgIpc) is 2.66. The largest absolute Gasteiger partial charge is 0.389 e. The molecule has 0 spiro atoms. The van der Waals surface area contributed by atoms with Gasteiger partial charge in [-0.05, 0) is 49.6 Å². The Balaban J connectivity index is 1.41. The maximum atomic E-state index is 13.0. The lowest BCUT2D eigenvalue weighted by Gasteiger charge is -2.38. The van der Waals surface area contributed by atoms with Crippen LogP contribution in [0.25, 0.3) is 0 Å². The van der Waals surface area contributed by atoms with Crippen LogP contribution in [-0.4, -0.2) is 46.0 Å². The number of halogens is 1. The Bertz CT molecular complexity index is 804. The molecule has 27 heavy (non-hydrogen) atoms. The van der Waals surface area contributed by atoms with E-state index in [1.807, 2.05) is 0 Å². The number of ketones is 1. The van der Waals surface area contributed by atoms with E-state index in [0.717, 1.165) is 31.6 Å². The molecule has 1 aromatic heterocycles. The highest BCUT2D eigenvalue weighted by atomic mass is 19.1. The van der Waals surface area contributed by atoms with Crippen molar-refractivity contribution in [1.29, 1.82) is 0 Å². The number of nitrogens with one attached hydrogen (secondary N) is 1. The first-order valence-electron chi connectivity index (χ1n) is 9.35. The van der Waals surface area contributed by atoms with E-state index in [4.69, 9.17) is 0 Å². The lowest BCUT2D eigenvalue weighted by atomic mass is 9.85. The molecule has 144 valence electrons. The molecule has 1 aliphatic heterocycles. The second-order valence-electron chi connectivity index (χ2n) is 7.34. The van der Waals surface area contributed by atoms with Crippen LogP contribution < -0.4 is 5.56 Å². The molecule has 1 aromatic carbocycles. The van der Waals surface area contributed by atoms with Crippen molar-refractivity contribution in [3.05, 3.63) is 69.9 Å². The maximum Gasteiger partial charge on any atom is 0.247 e. The highest BCUT2D eigenvalue weighted by Crippen LogP contribution is 2.26. The SMILES string of the molecule is O=C(CCCN1CCC(O)(Cc2ccc(F)cc2)CC1)c1ccc(=O)[nH]c1. The number of aromatic nitrogens is 1. The van der Waals surface area contributed by atoms with Gasteiger partial charge in [-0.1, -0.05) is 12.1 Å². The van der Waals surface area contributed by atoms with Gasteiger partial charge in [0.05, 0.1) is 5.60 Å². The minimum absolute atomic E-state index is 0.0241. The van der Waals surface area contributed by atoms with Crippen molar-refractivity contribution in [3.63, 3.8) is 0 Å². The molecule has 6 heteroatoms. The van der Waals surface area contributed by atoms with Gasteiger partial charge < -0.3 is 15.0 Å². The van der Waals surface area contributed by atoms with Gasteiger partial charge in [0.1, 0.15) is 5.82 Å². The molecular weight excluding hydrogens is 347 g/mol. The van der Waals surface area contributed by atoms with Gasteiger partial charge in [-0.25, -0.2) is 4.39 Å². The zero-order valence-electron chi connectivity index (χ0n) is 15.3. The van der Waals surface area contributed by atoms with Gasteiger partial charge >= 0.3 is 0 Å². The van der Waals surface area contributed by atoms with Crippen LogP contribution in [0.3, 0.4) is 0 Å².